The second kappa shape index (κ2) is 6.33. The molecule has 1 fully saturated rings. The molecule has 4 rings (SSSR count). The molecule has 0 saturated carbocycles. The van der Waals surface area contributed by atoms with E-state index in [-0.39, 0.29) is 0 Å². The Morgan fingerprint density at radius 1 is 1.08 bits per heavy atom. The molecule has 2 aliphatic heterocycles. The topological polar surface area (TPSA) is 54.7 Å². The lowest BCUT2D eigenvalue weighted by molar-refractivity contribution is 0.346. The molecule has 2 aromatic rings. The summed E-state index contributed by atoms with van der Waals surface area (Å²) in [5.74, 6) is 0. The van der Waals surface area contributed by atoms with Gasteiger partial charge in [0.05, 0.1) is 4.90 Å². The molecule has 0 bridgehead atoms. The van der Waals surface area contributed by atoms with Crippen LogP contribution >= 0.6 is 0 Å². The molecule has 3 heterocycles. The van der Waals surface area contributed by atoms with Crippen LogP contribution in [0.4, 0.5) is 0 Å². The molecule has 128 valence electrons. The first-order valence-corrected chi connectivity index (χ1v) is 10.2. The molecule has 2 aliphatic rings. The minimum absolute atomic E-state index is 0.368. The highest BCUT2D eigenvalue weighted by Gasteiger charge is 2.26. The van der Waals surface area contributed by atoms with Gasteiger partial charge in [-0.25, -0.2) is 8.42 Å². The van der Waals surface area contributed by atoms with Crippen LogP contribution in [-0.4, -0.2) is 43.1 Å². The predicted octanol–water partition coefficient (Wildman–Crippen LogP) is 3.22. The number of rotatable bonds is 3. The largest absolute Gasteiger partial charge is 0.344 e. The van der Waals surface area contributed by atoms with E-state index in [2.05, 4.69) is 21.8 Å². The highest BCUT2D eigenvalue weighted by Crippen LogP contribution is 2.29. The Labute approximate surface area is 143 Å². The number of hydrogen-bond acceptors (Lipinski definition) is 3. The monoisotopic (exact) mass is 345 g/mol. The van der Waals surface area contributed by atoms with Crippen LogP contribution in [0.1, 0.15) is 38.1 Å². The maximum atomic E-state index is 12.9. The van der Waals surface area contributed by atoms with Gasteiger partial charge in [0.15, 0.2) is 0 Å². The van der Waals surface area contributed by atoms with Gasteiger partial charge < -0.3 is 4.57 Å². The fraction of sp³-hybridized carbons (Fsp3) is 0.500. The van der Waals surface area contributed by atoms with Crippen LogP contribution in [-0.2, 0) is 10.0 Å². The van der Waals surface area contributed by atoms with Gasteiger partial charge in [-0.15, -0.1) is 0 Å². The van der Waals surface area contributed by atoms with Gasteiger partial charge in [-0.1, -0.05) is 12.5 Å². The average Bonchev–Trinajstić information content (AvgIpc) is 3.06. The summed E-state index contributed by atoms with van der Waals surface area (Å²) in [5.41, 5.74) is 1.01. The van der Waals surface area contributed by atoms with Crippen LogP contribution in [0.25, 0.3) is 10.9 Å². The third-order valence-electron chi connectivity index (χ3n) is 5.14. The second-order valence-electron chi connectivity index (χ2n) is 6.68. The molecular weight excluding hydrogens is 322 g/mol. The number of aliphatic imine (C=N–C) groups is 1. The third kappa shape index (κ3) is 2.78. The Bertz CT molecular complexity index is 864. The summed E-state index contributed by atoms with van der Waals surface area (Å²) in [6, 6.07) is 7.97. The van der Waals surface area contributed by atoms with Crippen molar-refractivity contribution in [2.45, 2.75) is 43.0 Å². The minimum Gasteiger partial charge on any atom is -0.344 e. The molecular formula is C18H23N3O2S. The van der Waals surface area contributed by atoms with Crippen molar-refractivity contribution in [3.8, 4) is 0 Å². The Morgan fingerprint density at radius 3 is 2.67 bits per heavy atom. The molecule has 0 amide bonds. The maximum Gasteiger partial charge on any atom is 0.243 e. The summed E-state index contributed by atoms with van der Waals surface area (Å²) in [5, 5.41) is 1.09. The summed E-state index contributed by atoms with van der Waals surface area (Å²) in [4.78, 5) is 4.71. The predicted molar refractivity (Wildman–Crippen MR) is 96.2 cm³/mol. The van der Waals surface area contributed by atoms with Crippen molar-refractivity contribution >= 4 is 27.1 Å². The zero-order valence-electron chi connectivity index (χ0n) is 13.8. The first kappa shape index (κ1) is 15.8. The molecule has 1 atom stereocenters. The highest BCUT2D eigenvalue weighted by molar-refractivity contribution is 7.89. The lowest BCUT2D eigenvalue weighted by atomic mass is 10.1. The summed E-state index contributed by atoms with van der Waals surface area (Å²) in [6.45, 7) is 2.12. The van der Waals surface area contributed by atoms with E-state index in [0.29, 0.717) is 24.0 Å². The van der Waals surface area contributed by atoms with Crippen molar-refractivity contribution in [3.63, 3.8) is 0 Å². The van der Waals surface area contributed by atoms with E-state index in [1.54, 1.807) is 10.4 Å². The van der Waals surface area contributed by atoms with Crippen LogP contribution in [0.5, 0.6) is 0 Å². The normalized spacial score (nSPS) is 22.9. The number of nitrogens with zero attached hydrogens (tertiary/aromatic N) is 3. The van der Waals surface area contributed by atoms with Crippen LogP contribution in [0, 0.1) is 0 Å². The zero-order chi connectivity index (χ0) is 16.6. The highest BCUT2D eigenvalue weighted by atomic mass is 32.2. The van der Waals surface area contributed by atoms with E-state index in [4.69, 9.17) is 0 Å². The molecule has 0 radical (unpaired) electrons. The van der Waals surface area contributed by atoms with Crippen molar-refractivity contribution in [2.24, 2.45) is 4.99 Å². The fourth-order valence-electron chi connectivity index (χ4n) is 3.74. The number of benzene rings is 1. The van der Waals surface area contributed by atoms with Gasteiger partial charge in [-0.05, 0) is 42.8 Å². The van der Waals surface area contributed by atoms with Crippen molar-refractivity contribution in [2.75, 3.05) is 19.6 Å². The van der Waals surface area contributed by atoms with Gasteiger partial charge in [0.25, 0.3) is 0 Å². The summed E-state index contributed by atoms with van der Waals surface area (Å²) < 4.78 is 29.7. The van der Waals surface area contributed by atoms with Gasteiger partial charge >= 0.3 is 0 Å². The Kier molecular flexibility index (Phi) is 4.18. The van der Waals surface area contributed by atoms with E-state index in [1.165, 1.54) is 0 Å². The van der Waals surface area contributed by atoms with Crippen LogP contribution in [0.15, 0.2) is 40.4 Å². The maximum absolute atomic E-state index is 12.9. The lowest BCUT2D eigenvalue weighted by Crippen LogP contribution is -2.35. The SMILES string of the molecule is O=S(=O)(c1ccc2ccn(C3CC=NCC3)c2c1)N1CCCCC1. The van der Waals surface area contributed by atoms with Crippen molar-refractivity contribution in [1.29, 1.82) is 0 Å². The quantitative estimate of drug-likeness (QED) is 0.858. The average molecular weight is 345 g/mol. The van der Waals surface area contributed by atoms with E-state index in [0.717, 1.165) is 49.6 Å². The number of aromatic nitrogens is 1. The standard InChI is InChI=1S/C18H23N3O2S/c22-24(23,20-11-2-1-3-12-20)17-5-4-15-8-13-21(18(15)14-17)16-6-9-19-10-7-16/h4-5,8-9,13-14,16H,1-3,6-7,10-12H2. The van der Waals surface area contributed by atoms with E-state index >= 15 is 0 Å². The van der Waals surface area contributed by atoms with Crippen molar-refractivity contribution < 1.29 is 8.42 Å². The molecule has 0 N–H and O–H groups in total. The first-order chi connectivity index (χ1) is 11.7. The fourth-order valence-corrected chi connectivity index (χ4v) is 5.28. The summed E-state index contributed by atoms with van der Waals surface area (Å²) in [6.07, 6.45) is 9.01. The number of sulfonamides is 1. The van der Waals surface area contributed by atoms with Crippen molar-refractivity contribution in [1.82, 2.24) is 8.87 Å². The van der Waals surface area contributed by atoms with E-state index < -0.39 is 10.0 Å². The first-order valence-electron chi connectivity index (χ1n) is 8.75. The molecule has 1 unspecified atom stereocenters. The number of piperidine rings is 1. The number of hydrogen-bond donors (Lipinski definition) is 0. The lowest BCUT2D eigenvalue weighted by Gasteiger charge is -2.26. The second-order valence-corrected chi connectivity index (χ2v) is 8.61. The summed E-state index contributed by atoms with van der Waals surface area (Å²) >= 11 is 0. The molecule has 5 nitrogen and oxygen atoms in total. The Hall–Kier alpha value is -1.66. The van der Waals surface area contributed by atoms with Gasteiger partial charge in [0.2, 0.25) is 10.0 Å². The van der Waals surface area contributed by atoms with Gasteiger partial charge in [-0.2, -0.15) is 4.31 Å². The summed E-state index contributed by atoms with van der Waals surface area (Å²) in [7, 11) is -3.39. The molecule has 24 heavy (non-hydrogen) atoms. The number of fused-ring (bicyclic) bond motifs is 1. The molecule has 1 aromatic heterocycles. The zero-order valence-corrected chi connectivity index (χ0v) is 14.6. The van der Waals surface area contributed by atoms with Gasteiger partial charge in [0.1, 0.15) is 0 Å². The minimum atomic E-state index is -3.39. The van der Waals surface area contributed by atoms with Crippen LogP contribution in [0.2, 0.25) is 0 Å². The smallest absolute Gasteiger partial charge is 0.243 e. The van der Waals surface area contributed by atoms with E-state index in [9.17, 15) is 8.42 Å². The Morgan fingerprint density at radius 2 is 1.92 bits per heavy atom. The van der Waals surface area contributed by atoms with Gasteiger partial charge in [0, 0.05) is 50.0 Å². The van der Waals surface area contributed by atoms with Gasteiger partial charge in [-0.3, -0.25) is 4.99 Å². The molecule has 1 saturated heterocycles. The van der Waals surface area contributed by atoms with Crippen LogP contribution in [0.3, 0.4) is 0 Å². The third-order valence-corrected chi connectivity index (χ3v) is 7.03. The molecule has 0 aliphatic carbocycles. The molecule has 1 aromatic carbocycles. The molecule has 6 heteroatoms. The van der Waals surface area contributed by atoms with Crippen LogP contribution < -0.4 is 0 Å². The molecule has 0 spiro atoms. The van der Waals surface area contributed by atoms with E-state index in [1.807, 2.05) is 18.3 Å². The Balaban J connectivity index is 1.73. The van der Waals surface area contributed by atoms with Crippen molar-refractivity contribution in [3.05, 3.63) is 30.5 Å².